The van der Waals surface area contributed by atoms with Crippen LogP contribution in [-0.2, 0) is 0 Å². The van der Waals surface area contributed by atoms with Crippen LogP contribution in [0.5, 0.6) is 0 Å². The van der Waals surface area contributed by atoms with Gasteiger partial charge in [-0.1, -0.05) is 47.5 Å². The number of aryl methyl sites for hydroxylation is 3. The van der Waals surface area contributed by atoms with Gasteiger partial charge in [-0.3, -0.25) is 4.79 Å². The molecule has 0 aliphatic heterocycles. The Morgan fingerprint density at radius 1 is 0.900 bits per heavy atom. The Balaban J connectivity index is 1.74. The summed E-state index contributed by atoms with van der Waals surface area (Å²) in [6.07, 6.45) is 0. The standard InChI is InChI=1S/C24H21ClN4O/c1-15-4-7-18(8-5-15)23-27-22(28-29(23)21-12-9-19(25)10-13-21)24(30)26-20-11-6-16(2)17(3)14-20/h4-14H,1-3H3,(H,26,30). The number of rotatable bonds is 4. The lowest BCUT2D eigenvalue weighted by atomic mass is 10.1. The normalized spacial score (nSPS) is 10.8. The number of hydrogen-bond acceptors (Lipinski definition) is 3. The van der Waals surface area contributed by atoms with Gasteiger partial charge >= 0.3 is 0 Å². The maximum atomic E-state index is 12.9. The van der Waals surface area contributed by atoms with Crippen molar-refractivity contribution in [1.29, 1.82) is 0 Å². The number of amides is 1. The van der Waals surface area contributed by atoms with Gasteiger partial charge in [-0.2, -0.15) is 0 Å². The molecule has 0 atom stereocenters. The summed E-state index contributed by atoms with van der Waals surface area (Å²) in [4.78, 5) is 17.4. The molecule has 6 heteroatoms. The Morgan fingerprint density at radius 3 is 2.27 bits per heavy atom. The van der Waals surface area contributed by atoms with Gasteiger partial charge in [-0.05, 0) is 68.3 Å². The molecule has 4 rings (SSSR count). The number of anilines is 1. The average molecular weight is 417 g/mol. The molecule has 0 bridgehead atoms. The van der Waals surface area contributed by atoms with Gasteiger partial charge in [0.15, 0.2) is 5.82 Å². The largest absolute Gasteiger partial charge is 0.319 e. The number of nitrogens with one attached hydrogen (secondary N) is 1. The highest BCUT2D eigenvalue weighted by Crippen LogP contribution is 2.23. The van der Waals surface area contributed by atoms with Gasteiger partial charge < -0.3 is 5.32 Å². The van der Waals surface area contributed by atoms with Crippen LogP contribution in [0, 0.1) is 20.8 Å². The van der Waals surface area contributed by atoms with Crippen LogP contribution in [0.2, 0.25) is 5.02 Å². The SMILES string of the molecule is Cc1ccc(-c2nc(C(=O)Nc3ccc(C)c(C)c3)nn2-c2ccc(Cl)cc2)cc1. The lowest BCUT2D eigenvalue weighted by Gasteiger charge is -2.06. The van der Waals surface area contributed by atoms with E-state index < -0.39 is 0 Å². The van der Waals surface area contributed by atoms with Crippen molar-refractivity contribution in [2.24, 2.45) is 0 Å². The zero-order valence-corrected chi connectivity index (χ0v) is 17.7. The van der Waals surface area contributed by atoms with Crippen LogP contribution in [0.15, 0.2) is 66.7 Å². The molecule has 0 spiro atoms. The molecule has 0 unspecified atom stereocenters. The Labute approximate surface area is 180 Å². The van der Waals surface area contributed by atoms with E-state index >= 15 is 0 Å². The van der Waals surface area contributed by atoms with Crippen molar-refractivity contribution >= 4 is 23.2 Å². The van der Waals surface area contributed by atoms with Crippen molar-refractivity contribution in [1.82, 2.24) is 14.8 Å². The van der Waals surface area contributed by atoms with E-state index in [2.05, 4.69) is 15.4 Å². The summed E-state index contributed by atoms with van der Waals surface area (Å²) in [5.74, 6) is 0.320. The topological polar surface area (TPSA) is 59.8 Å². The minimum atomic E-state index is -0.362. The zero-order chi connectivity index (χ0) is 21.3. The van der Waals surface area contributed by atoms with E-state index in [1.54, 1.807) is 16.8 Å². The lowest BCUT2D eigenvalue weighted by molar-refractivity contribution is 0.101. The fourth-order valence-corrected chi connectivity index (χ4v) is 3.19. The summed E-state index contributed by atoms with van der Waals surface area (Å²) in [6.45, 7) is 6.06. The molecule has 0 saturated carbocycles. The Hall–Kier alpha value is -3.44. The van der Waals surface area contributed by atoms with Crippen LogP contribution in [-0.4, -0.2) is 20.7 Å². The second-order valence-electron chi connectivity index (χ2n) is 7.27. The van der Waals surface area contributed by atoms with Crippen molar-refractivity contribution in [2.75, 3.05) is 5.32 Å². The van der Waals surface area contributed by atoms with Crippen molar-refractivity contribution in [2.45, 2.75) is 20.8 Å². The summed E-state index contributed by atoms with van der Waals surface area (Å²) in [6, 6.07) is 21.0. The summed E-state index contributed by atoms with van der Waals surface area (Å²) in [5, 5.41) is 8.01. The van der Waals surface area contributed by atoms with Gasteiger partial charge in [0.25, 0.3) is 5.91 Å². The molecule has 5 nitrogen and oxygen atoms in total. The first-order chi connectivity index (χ1) is 14.4. The first kappa shape index (κ1) is 19.9. The molecule has 1 heterocycles. The first-order valence-corrected chi connectivity index (χ1v) is 9.97. The molecule has 150 valence electrons. The molecule has 1 aromatic heterocycles. The maximum Gasteiger partial charge on any atom is 0.295 e. The minimum Gasteiger partial charge on any atom is -0.319 e. The molecule has 0 aliphatic carbocycles. The van der Waals surface area contributed by atoms with Crippen molar-refractivity contribution in [3.63, 3.8) is 0 Å². The molecule has 0 aliphatic rings. The second-order valence-corrected chi connectivity index (χ2v) is 7.70. The fourth-order valence-electron chi connectivity index (χ4n) is 3.07. The van der Waals surface area contributed by atoms with Crippen molar-refractivity contribution in [3.8, 4) is 17.1 Å². The van der Waals surface area contributed by atoms with Gasteiger partial charge in [0.2, 0.25) is 5.82 Å². The van der Waals surface area contributed by atoms with E-state index in [9.17, 15) is 4.79 Å². The van der Waals surface area contributed by atoms with E-state index in [1.165, 1.54) is 5.56 Å². The Kier molecular flexibility index (Phi) is 5.38. The van der Waals surface area contributed by atoms with Crippen LogP contribution in [0.4, 0.5) is 5.69 Å². The van der Waals surface area contributed by atoms with Gasteiger partial charge in [-0.25, -0.2) is 9.67 Å². The third-order valence-electron chi connectivity index (χ3n) is 4.96. The molecule has 30 heavy (non-hydrogen) atoms. The second kappa shape index (κ2) is 8.13. The highest BCUT2D eigenvalue weighted by atomic mass is 35.5. The van der Waals surface area contributed by atoms with E-state index in [1.807, 2.05) is 75.4 Å². The van der Waals surface area contributed by atoms with E-state index in [4.69, 9.17) is 11.6 Å². The smallest absolute Gasteiger partial charge is 0.295 e. The first-order valence-electron chi connectivity index (χ1n) is 9.59. The summed E-state index contributed by atoms with van der Waals surface area (Å²) >= 11 is 6.03. The highest BCUT2D eigenvalue weighted by molar-refractivity contribution is 6.30. The van der Waals surface area contributed by atoms with Crippen LogP contribution in [0.3, 0.4) is 0 Å². The maximum absolute atomic E-state index is 12.9. The molecule has 0 saturated heterocycles. The third kappa shape index (κ3) is 4.11. The molecule has 0 radical (unpaired) electrons. The predicted molar refractivity (Wildman–Crippen MR) is 120 cm³/mol. The molecule has 1 N–H and O–H groups in total. The number of benzene rings is 3. The fraction of sp³-hybridized carbons (Fsp3) is 0.125. The van der Waals surface area contributed by atoms with Crippen LogP contribution in [0.25, 0.3) is 17.1 Å². The van der Waals surface area contributed by atoms with E-state index in [-0.39, 0.29) is 11.7 Å². The monoisotopic (exact) mass is 416 g/mol. The number of aromatic nitrogens is 3. The van der Waals surface area contributed by atoms with Crippen LogP contribution >= 0.6 is 11.6 Å². The van der Waals surface area contributed by atoms with Gasteiger partial charge in [-0.15, -0.1) is 5.10 Å². The number of carbonyl (C=O) groups is 1. The Bertz CT molecular complexity index is 1150. The molecule has 3 aromatic carbocycles. The summed E-state index contributed by atoms with van der Waals surface area (Å²) < 4.78 is 1.66. The summed E-state index contributed by atoms with van der Waals surface area (Å²) in [5.41, 5.74) is 5.76. The predicted octanol–water partition coefficient (Wildman–Crippen LogP) is 5.77. The quantitative estimate of drug-likeness (QED) is 0.459. The number of hydrogen-bond donors (Lipinski definition) is 1. The van der Waals surface area contributed by atoms with Crippen molar-refractivity contribution < 1.29 is 4.79 Å². The number of carbonyl (C=O) groups excluding carboxylic acids is 1. The lowest BCUT2D eigenvalue weighted by Crippen LogP contribution is -2.14. The van der Waals surface area contributed by atoms with Crippen LogP contribution < -0.4 is 5.32 Å². The molecular formula is C24H21ClN4O. The molecule has 0 fully saturated rings. The van der Waals surface area contributed by atoms with Crippen LogP contribution in [0.1, 0.15) is 27.3 Å². The third-order valence-corrected chi connectivity index (χ3v) is 5.21. The van der Waals surface area contributed by atoms with Gasteiger partial charge in [0, 0.05) is 16.3 Å². The minimum absolute atomic E-state index is 0.0961. The Morgan fingerprint density at radius 2 is 1.60 bits per heavy atom. The molecular weight excluding hydrogens is 396 g/mol. The molecule has 4 aromatic rings. The highest BCUT2D eigenvalue weighted by Gasteiger charge is 2.19. The van der Waals surface area contributed by atoms with Gasteiger partial charge in [0.05, 0.1) is 5.69 Å². The van der Waals surface area contributed by atoms with E-state index in [0.717, 1.165) is 22.4 Å². The average Bonchev–Trinajstić information content (AvgIpc) is 3.17. The van der Waals surface area contributed by atoms with E-state index in [0.29, 0.717) is 16.5 Å². The van der Waals surface area contributed by atoms with Gasteiger partial charge in [0.1, 0.15) is 0 Å². The number of nitrogens with zero attached hydrogens (tertiary/aromatic N) is 3. The molecule has 1 amide bonds. The van der Waals surface area contributed by atoms with Crippen molar-refractivity contribution in [3.05, 3.63) is 94.3 Å². The zero-order valence-electron chi connectivity index (χ0n) is 17.0. The number of halogens is 1. The summed E-state index contributed by atoms with van der Waals surface area (Å²) in [7, 11) is 0.